The zero-order valence-electron chi connectivity index (χ0n) is 14.0. The molecule has 2 amide bonds. The summed E-state index contributed by atoms with van der Waals surface area (Å²) in [5.41, 5.74) is 5.61. The van der Waals surface area contributed by atoms with E-state index in [1.807, 2.05) is 6.92 Å². The SMILES string of the molecule is CCOC(=O)[C@@H]1CCC[NH+]([C@@H](C)C(=O)Nc2sccc2C(N)=O)C1. The highest BCUT2D eigenvalue weighted by Gasteiger charge is 2.35. The summed E-state index contributed by atoms with van der Waals surface area (Å²) in [5, 5.41) is 4.96. The number of hydrogen-bond acceptors (Lipinski definition) is 5. The summed E-state index contributed by atoms with van der Waals surface area (Å²) < 4.78 is 5.09. The van der Waals surface area contributed by atoms with E-state index < -0.39 is 5.91 Å². The van der Waals surface area contributed by atoms with Gasteiger partial charge in [-0.1, -0.05) is 0 Å². The Bertz CT molecular complexity index is 616. The predicted molar refractivity (Wildman–Crippen MR) is 91.0 cm³/mol. The number of likely N-dealkylation sites (tertiary alicyclic amines) is 1. The molecule has 0 bridgehead atoms. The highest BCUT2D eigenvalue weighted by Crippen LogP contribution is 2.22. The van der Waals surface area contributed by atoms with Crippen LogP contribution in [0.4, 0.5) is 5.00 Å². The minimum absolute atomic E-state index is 0.160. The molecule has 0 aromatic carbocycles. The van der Waals surface area contributed by atoms with Crippen LogP contribution in [-0.4, -0.2) is 43.5 Å². The van der Waals surface area contributed by atoms with Crippen LogP contribution in [0.25, 0.3) is 0 Å². The van der Waals surface area contributed by atoms with E-state index >= 15 is 0 Å². The van der Waals surface area contributed by atoms with E-state index in [2.05, 4.69) is 5.32 Å². The molecule has 1 unspecified atom stereocenters. The van der Waals surface area contributed by atoms with Gasteiger partial charge in [0.1, 0.15) is 10.9 Å². The van der Waals surface area contributed by atoms with Gasteiger partial charge in [-0.05, 0) is 38.1 Å². The number of esters is 1. The number of primary amides is 1. The lowest BCUT2D eigenvalue weighted by molar-refractivity contribution is -0.921. The fourth-order valence-corrected chi connectivity index (χ4v) is 3.75. The Morgan fingerprint density at radius 1 is 1.50 bits per heavy atom. The number of carbonyl (C=O) groups excluding carboxylic acids is 3. The molecule has 1 aliphatic rings. The molecule has 1 saturated heterocycles. The molecule has 1 aromatic rings. The Hall–Kier alpha value is -1.93. The highest BCUT2D eigenvalue weighted by atomic mass is 32.1. The largest absolute Gasteiger partial charge is 0.466 e. The molecule has 132 valence electrons. The molecule has 1 aliphatic heterocycles. The summed E-state index contributed by atoms with van der Waals surface area (Å²) in [6.45, 7) is 5.40. The fourth-order valence-electron chi connectivity index (χ4n) is 2.96. The molecule has 2 rings (SSSR count). The molecular weight excluding hydrogens is 330 g/mol. The zero-order chi connectivity index (χ0) is 17.7. The van der Waals surface area contributed by atoms with Gasteiger partial charge in [0.15, 0.2) is 6.04 Å². The smallest absolute Gasteiger partial charge is 0.314 e. The van der Waals surface area contributed by atoms with Crippen LogP contribution in [0.1, 0.15) is 37.0 Å². The number of amides is 2. The third kappa shape index (κ3) is 4.33. The first kappa shape index (κ1) is 18.4. The van der Waals surface area contributed by atoms with Gasteiger partial charge in [-0.15, -0.1) is 11.3 Å². The van der Waals surface area contributed by atoms with Crippen molar-refractivity contribution in [1.29, 1.82) is 0 Å². The summed E-state index contributed by atoms with van der Waals surface area (Å²) in [7, 11) is 0. The van der Waals surface area contributed by atoms with Gasteiger partial charge in [0.05, 0.1) is 25.3 Å². The van der Waals surface area contributed by atoms with Crippen molar-refractivity contribution in [3.63, 3.8) is 0 Å². The van der Waals surface area contributed by atoms with Crippen LogP contribution >= 0.6 is 11.3 Å². The molecule has 7 nitrogen and oxygen atoms in total. The number of quaternary nitrogens is 1. The molecule has 2 heterocycles. The first-order chi connectivity index (χ1) is 11.4. The van der Waals surface area contributed by atoms with E-state index in [1.165, 1.54) is 11.3 Å². The monoisotopic (exact) mass is 354 g/mol. The van der Waals surface area contributed by atoms with Crippen molar-refractivity contribution in [2.75, 3.05) is 25.0 Å². The molecule has 4 N–H and O–H groups in total. The Balaban J connectivity index is 1.98. The first-order valence-corrected chi connectivity index (χ1v) is 9.01. The second kappa shape index (κ2) is 8.25. The van der Waals surface area contributed by atoms with Gasteiger partial charge in [-0.3, -0.25) is 14.4 Å². The summed E-state index contributed by atoms with van der Waals surface area (Å²) in [4.78, 5) is 36.8. The van der Waals surface area contributed by atoms with Crippen molar-refractivity contribution in [3.05, 3.63) is 17.0 Å². The third-order valence-electron chi connectivity index (χ3n) is 4.35. The number of piperidine rings is 1. The van der Waals surface area contributed by atoms with Crippen molar-refractivity contribution in [2.45, 2.75) is 32.7 Å². The Morgan fingerprint density at radius 3 is 2.92 bits per heavy atom. The Labute approximate surface area is 145 Å². The van der Waals surface area contributed by atoms with Crippen LogP contribution in [0.5, 0.6) is 0 Å². The average Bonchev–Trinajstić information content (AvgIpc) is 3.02. The lowest BCUT2D eigenvalue weighted by atomic mass is 9.97. The highest BCUT2D eigenvalue weighted by molar-refractivity contribution is 7.14. The quantitative estimate of drug-likeness (QED) is 0.627. The maximum absolute atomic E-state index is 12.5. The first-order valence-electron chi connectivity index (χ1n) is 8.13. The van der Waals surface area contributed by atoms with Crippen LogP contribution in [0.3, 0.4) is 0 Å². The van der Waals surface area contributed by atoms with Gasteiger partial charge in [0.2, 0.25) is 0 Å². The van der Waals surface area contributed by atoms with E-state index in [0.29, 0.717) is 23.7 Å². The van der Waals surface area contributed by atoms with Crippen molar-refractivity contribution in [1.82, 2.24) is 0 Å². The average molecular weight is 354 g/mol. The van der Waals surface area contributed by atoms with Gasteiger partial charge >= 0.3 is 5.97 Å². The Kier molecular flexibility index (Phi) is 6.33. The fraction of sp³-hybridized carbons (Fsp3) is 0.562. The maximum atomic E-state index is 12.5. The summed E-state index contributed by atoms with van der Waals surface area (Å²) in [6, 6.07) is 1.27. The molecule has 1 fully saturated rings. The minimum Gasteiger partial charge on any atom is -0.466 e. The van der Waals surface area contributed by atoms with E-state index in [4.69, 9.17) is 10.5 Å². The number of hydrogen-bond donors (Lipinski definition) is 3. The molecule has 0 radical (unpaired) electrons. The summed E-state index contributed by atoms with van der Waals surface area (Å²) in [6.07, 6.45) is 1.68. The van der Waals surface area contributed by atoms with Crippen LogP contribution in [0.15, 0.2) is 11.4 Å². The van der Waals surface area contributed by atoms with Gasteiger partial charge in [-0.2, -0.15) is 0 Å². The van der Waals surface area contributed by atoms with E-state index in [9.17, 15) is 14.4 Å². The van der Waals surface area contributed by atoms with E-state index in [-0.39, 0.29) is 23.8 Å². The molecular formula is C16H24N3O4S+. The number of nitrogens with one attached hydrogen (secondary N) is 2. The predicted octanol–water partition coefficient (Wildman–Crippen LogP) is 0.0320. The van der Waals surface area contributed by atoms with Crippen LogP contribution < -0.4 is 16.0 Å². The second-order valence-corrected chi connectivity index (χ2v) is 6.86. The van der Waals surface area contributed by atoms with E-state index in [1.54, 1.807) is 18.4 Å². The standard InChI is InChI=1S/C16H23N3O4S/c1-3-23-16(22)11-5-4-7-19(9-11)10(2)14(21)18-15-12(13(17)20)6-8-24-15/h6,8,10-11H,3-5,7,9H2,1-2H3,(H2,17,20)(H,18,21)/p+1/t10-,11+/m0/s1. The van der Waals surface area contributed by atoms with Crippen molar-refractivity contribution in [2.24, 2.45) is 11.7 Å². The number of ether oxygens (including phenoxy) is 1. The zero-order valence-corrected chi connectivity index (χ0v) is 14.8. The normalized spacial score (nSPS) is 21.8. The van der Waals surface area contributed by atoms with Gasteiger partial charge in [0, 0.05) is 0 Å². The summed E-state index contributed by atoms with van der Waals surface area (Å²) >= 11 is 1.27. The van der Waals surface area contributed by atoms with E-state index in [0.717, 1.165) is 24.3 Å². The van der Waals surface area contributed by atoms with Crippen LogP contribution in [-0.2, 0) is 14.3 Å². The van der Waals surface area contributed by atoms with Crippen molar-refractivity contribution >= 4 is 34.1 Å². The molecule has 0 saturated carbocycles. The number of thiophene rings is 1. The number of rotatable bonds is 6. The molecule has 0 spiro atoms. The summed E-state index contributed by atoms with van der Waals surface area (Å²) in [5.74, 6) is -1.09. The number of nitrogens with two attached hydrogens (primary N) is 1. The van der Waals surface area contributed by atoms with Crippen LogP contribution in [0.2, 0.25) is 0 Å². The van der Waals surface area contributed by atoms with Gasteiger partial charge in [0.25, 0.3) is 11.8 Å². The lowest BCUT2D eigenvalue weighted by Gasteiger charge is -2.32. The van der Waals surface area contributed by atoms with Crippen molar-refractivity contribution in [3.8, 4) is 0 Å². The molecule has 24 heavy (non-hydrogen) atoms. The van der Waals surface area contributed by atoms with Gasteiger partial charge in [-0.25, -0.2) is 0 Å². The Morgan fingerprint density at radius 2 is 2.25 bits per heavy atom. The third-order valence-corrected chi connectivity index (χ3v) is 5.18. The second-order valence-electron chi connectivity index (χ2n) is 5.94. The molecule has 0 aliphatic carbocycles. The lowest BCUT2D eigenvalue weighted by Crippen LogP contribution is -3.18. The maximum Gasteiger partial charge on any atom is 0.314 e. The topological polar surface area (TPSA) is 103 Å². The molecule has 3 atom stereocenters. The molecule has 8 heteroatoms. The molecule has 1 aromatic heterocycles. The van der Waals surface area contributed by atoms with Gasteiger partial charge < -0.3 is 20.7 Å². The van der Waals surface area contributed by atoms with Crippen LogP contribution in [0, 0.1) is 5.92 Å². The number of carbonyl (C=O) groups is 3. The minimum atomic E-state index is -0.563. The van der Waals surface area contributed by atoms with Crippen molar-refractivity contribution < 1.29 is 24.0 Å². The number of anilines is 1.